The molecule has 3 aromatic rings. The van der Waals surface area contributed by atoms with E-state index in [1.165, 1.54) is 0 Å². The fraction of sp³-hybridized carbons (Fsp3) is 0.278. The van der Waals surface area contributed by atoms with Crippen LogP contribution in [0.1, 0.15) is 12.5 Å². The molecule has 0 radical (unpaired) electrons. The highest BCUT2D eigenvalue weighted by Crippen LogP contribution is 2.20. The van der Waals surface area contributed by atoms with E-state index in [4.69, 9.17) is 4.74 Å². The molecule has 1 aromatic heterocycles. The summed E-state index contributed by atoms with van der Waals surface area (Å²) < 4.78 is 7.67. The third-order valence-electron chi connectivity index (χ3n) is 3.79. The highest BCUT2D eigenvalue weighted by Gasteiger charge is 2.10. The Kier molecular flexibility index (Phi) is 3.76. The van der Waals surface area contributed by atoms with E-state index in [-0.39, 0.29) is 5.43 Å². The lowest BCUT2D eigenvalue weighted by molar-refractivity contribution is 0.140. The summed E-state index contributed by atoms with van der Waals surface area (Å²) in [6.45, 7) is 6.10. The summed E-state index contributed by atoms with van der Waals surface area (Å²) in [5.41, 5.74) is 3.16. The van der Waals surface area contributed by atoms with E-state index in [1.54, 1.807) is 0 Å². The van der Waals surface area contributed by atoms with Gasteiger partial charge in [-0.3, -0.25) is 4.79 Å². The molecule has 1 heterocycles. The molecule has 3 rings (SSSR count). The maximum Gasteiger partial charge on any atom is 0.197 e. The first kappa shape index (κ1) is 13.8. The largest absolute Gasteiger partial charge is 0.380 e. The van der Waals surface area contributed by atoms with Gasteiger partial charge >= 0.3 is 0 Å². The summed E-state index contributed by atoms with van der Waals surface area (Å²) in [5.74, 6) is 0. The molecule has 3 heteroatoms. The summed E-state index contributed by atoms with van der Waals surface area (Å²) >= 11 is 0. The highest BCUT2D eigenvalue weighted by molar-refractivity contribution is 5.93. The van der Waals surface area contributed by atoms with Crippen LogP contribution in [0.5, 0.6) is 0 Å². The third-order valence-corrected chi connectivity index (χ3v) is 3.79. The molecule has 0 atom stereocenters. The molecule has 0 amide bonds. The summed E-state index contributed by atoms with van der Waals surface area (Å²) in [5, 5.41) is 1.55. The van der Waals surface area contributed by atoms with E-state index in [1.807, 2.05) is 56.3 Å². The standard InChI is InChI=1S/C18H19NO2/c1-3-21-11-10-19-16-7-5-4-6-14(16)18(20)15-12-13(2)8-9-17(15)19/h4-9,12H,3,10-11H2,1-2H3. The Morgan fingerprint density at radius 2 is 1.81 bits per heavy atom. The first-order valence-electron chi connectivity index (χ1n) is 7.32. The molecular formula is C18H19NO2. The number of aryl methyl sites for hydroxylation is 1. The molecule has 108 valence electrons. The molecular weight excluding hydrogens is 262 g/mol. The van der Waals surface area contributed by atoms with E-state index >= 15 is 0 Å². The van der Waals surface area contributed by atoms with Crippen molar-refractivity contribution >= 4 is 21.8 Å². The van der Waals surface area contributed by atoms with Crippen LogP contribution < -0.4 is 5.43 Å². The van der Waals surface area contributed by atoms with E-state index in [0.29, 0.717) is 13.2 Å². The molecule has 0 saturated carbocycles. The van der Waals surface area contributed by atoms with Gasteiger partial charge in [-0.2, -0.15) is 0 Å². The second kappa shape index (κ2) is 5.70. The quantitative estimate of drug-likeness (QED) is 0.541. The van der Waals surface area contributed by atoms with E-state index in [2.05, 4.69) is 4.57 Å². The summed E-state index contributed by atoms with van der Waals surface area (Å²) in [6, 6.07) is 13.8. The Hall–Kier alpha value is -2.13. The second-order valence-corrected chi connectivity index (χ2v) is 5.22. The number of aromatic nitrogens is 1. The van der Waals surface area contributed by atoms with E-state index in [9.17, 15) is 4.79 Å². The Morgan fingerprint density at radius 1 is 1.05 bits per heavy atom. The Morgan fingerprint density at radius 3 is 2.62 bits per heavy atom. The molecule has 0 saturated heterocycles. The van der Waals surface area contributed by atoms with Crippen molar-refractivity contribution in [1.82, 2.24) is 4.57 Å². The van der Waals surface area contributed by atoms with Gasteiger partial charge in [-0.25, -0.2) is 0 Å². The molecule has 0 bridgehead atoms. The number of pyridine rings is 1. The van der Waals surface area contributed by atoms with Gasteiger partial charge in [-0.15, -0.1) is 0 Å². The molecule has 0 unspecified atom stereocenters. The minimum Gasteiger partial charge on any atom is -0.380 e. The minimum absolute atomic E-state index is 0.108. The van der Waals surface area contributed by atoms with Crippen LogP contribution in [0.15, 0.2) is 47.3 Å². The van der Waals surface area contributed by atoms with Crippen molar-refractivity contribution in [2.24, 2.45) is 0 Å². The molecule has 0 aliphatic carbocycles. The van der Waals surface area contributed by atoms with Crippen molar-refractivity contribution in [1.29, 1.82) is 0 Å². The molecule has 0 fully saturated rings. The van der Waals surface area contributed by atoms with Crippen LogP contribution >= 0.6 is 0 Å². The van der Waals surface area contributed by atoms with Gasteiger partial charge in [0.25, 0.3) is 0 Å². The lowest BCUT2D eigenvalue weighted by atomic mass is 10.1. The van der Waals surface area contributed by atoms with Gasteiger partial charge in [0.15, 0.2) is 5.43 Å². The number of nitrogens with zero attached hydrogens (tertiary/aromatic N) is 1. The van der Waals surface area contributed by atoms with Crippen LogP contribution in [0.2, 0.25) is 0 Å². The normalized spacial score (nSPS) is 11.3. The number of para-hydroxylation sites is 1. The van der Waals surface area contributed by atoms with Gasteiger partial charge in [0.1, 0.15) is 0 Å². The van der Waals surface area contributed by atoms with Crippen molar-refractivity contribution in [2.45, 2.75) is 20.4 Å². The predicted octanol–water partition coefficient (Wildman–Crippen LogP) is 3.50. The molecule has 21 heavy (non-hydrogen) atoms. The Bertz CT molecular complexity index is 849. The number of benzene rings is 2. The van der Waals surface area contributed by atoms with E-state index < -0.39 is 0 Å². The van der Waals surface area contributed by atoms with Crippen molar-refractivity contribution in [3.63, 3.8) is 0 Å². The number of rotatable bonds is 4. The number of ether oxygens (including phenoxy) is 1. The van der Waals surface area contributed by atoms with Crippen LogP contribution in [0, 0.1) is 6.92 Å². The topological polar surface area (TPSA) is 31.2 Å². The fourth-order valence-corrected chi connectivity index (χ4v) is 2.78. The zero-order chi connectivity index (χ0) is 14.8. The molecule has 2 aromatic carbocycles. The van der Waals surface area contributed by atoms with Crippen LogP contribution in [0.25, 0.3) is 21.8 Å². The lowest BCUT2D eigenvalue weighted by Gasteiger charge is -2.15. The average Bonchev–Trinajstić information content (AvgIpc) is 2.51. The predicted molar refractivity (Wildman–Crippen MR) is 86.9 cm³/mol. The highest BCUT2D eigenvalue weighted by atomic mass is 16.5. The summed E-state index contributed by atoms with van der Waals surface area (Å²) in [7, 11) is 0. The molecule has 0 spiro atoms. The third kappa shape index (κ3) is 2.45. The van der Waals surface area contributed by atoms with Crippen molar-refractivity contribution in [2.75, 3.05) is 13.2 Å². The smallest absolute Gasteiger partial charge is 0.197 e. The minimum atomic E-state index is 0.108. The monoisotopic (exact) mass is 281 g/mol. The van der Waals surface area contributed by atoms with Crippen LogP contribution in [-0.4, -0.2) is 17.8 Å². The molecule has 0 N–H and O–H groups in total. The van der Waals surface area contributed by atoms with Crippen LogP contribution in [0.3, 0.4) is 0 Å². The van der Waals surface area contributed by atoms with Crippen molar-refractivity contribution in [3.8, 4) is 0 Å². The van der Waals surface area contributed by atoms with Gasteiger partial charge in [0.05, 0.1) is 17.6 Å². The maximum absolute atomic E-state index is 12.7. The lowest BCUT2D eigenvalue weighted by Crippen LogP contribution is -2.14. The van der Waals surface area contributed by atoms with Crippen molar-refractivity contribution in [3.05, 3.63) is 58.3 Å². The van der Waals surface area contributed by atoms with Gasteiger partial charge in [-0.1, -0.05) is 23.8 Å². The first-order chi connectivity index (χ1) is 10.2. The number of fused-ring (bicyclic) bond motifs is 2. The molecule has 0 aliphatic rings. The number of hydrogen-bond acceptors (Lipinski definition) is 2. The summed E-state index contributed by atoms with van der Waals surface area (Å²) in [4.78, 5) is 12.7. The SMILES string of the molecule is CCOCCn1c2ccccc2c(=O)c2cc(C)ccc21. The van der Waals surface area contributed by atoms with Gasteiger partial charge in [0, 0.05) is 23.9 Å². The number of hydrogen-bond donors (Lipinski definition) is 0. The maximum atomic E-state index is 12.7. The fourth-order valence-electron chi connectivity index (χ4n) is 2.78. The van der Waals surface area contributed by atoms with Crippen LogP contribution in [-0.2, 0) is 11.3 Å². The molecule has 0 aliphatic heterocycles. The Balaban J connectivity index is 2.33. The van der Waals surface area contributed by atoms with Crippen molar-refractivity contribution < 1.29 is 4.74 Å². The summed E-state index contributed by atoms with van der Waals surface area (Å²) in [6.07, 6.45) is 0. The second-order valence-electron chi connectivity index (χ2n) is 5.22. The zero-order valence-electron chi connectivity index (χ0n) is 12.4. The first-order valence-corrected chi connectivity index (χ1v) is 7.32. The van der Waals surface area contributed by atoms with E-state index in [0.717, 1.165) is 33.9 Å². The van der Waals surface area contributed by atoms with Crippen LogP contribution in [0.4, 0.5) is 0 Å². The Labute approximate surface area is 123 Å². The van der Waals surface area contributed by atoms with Gasteiger partial charge < -0.3 is 9.30 Å². The molecule has 3 nitrogen and oxygen atoms in total. The average molecular weight is 281 g/mol. The zero-order valence-corrected chi connectivity index (χ0v) is 12.4. The van der Waals surface area contributed by atoms with Gasteiger partial charge in [0.2, 0.25) is 0 Å². The van der Waals surface area contributed by atoms with Gasteiger partial charge in [-0.05, 0) is 38.1 Å².